The van der Waals surface area contributed by atoms with Gasteiger partial charge in [-0.15, -0.1) is 16.4 Å². The van der Waals surface area contributed by atoms with Crippen LogP contribution in [0.3, 0.4) is 0 Å². The van der Waals surface area contributed by atoms with Gasteiger partial charge in [-0.1, -0.05) is 23.4 Å². The van der Waals surface area contributed by atoms with Crippen molar-refractivity contribution in [2.75, 3.05) is 31.5 Å². The third-order valence-corrected chi connectivity index (χ3v) is 7.24. The zero-order valence-electron chi connectivity index (χ0n) is 19.6. The second-order valence-electron chi connectivity index (χ2n) is 8.65. The van der Waals surface area contributed by atoms with Crippen LogP contribution in [0.2, 0.25) is 0 Å². The molecule has 0 bridgehead atoms. The number of piperazine rings is 1. The summed E-state index contributed by atoms with van der Waals surface area (Å²) in [5.74, 6) is 0.654. The minimum absolute atomic E-state index is 0.0348. The van der Waals surface area contributed by atoms with Crippen LogP contribution in [0.4, 0.5) is 11.5 Å². The number of amides is 2. The first-order valence-electron chi connectivity index (χ1n) is 11.7. The molecule has 1 saturated heterocycles. The van der Waals surface area contributed by atoms with Crippen molar-refractivity contribution in [3.63, 3.8) is 0 Å². The van der Waals surface area contributed by atoms with Crippen molar-refractivity contribution in [1.29, 1.82) is 0 Å². The number of nitrogens with zero attached hydrogens (tertiary/aromatic N) is 6. The Labute approximate surface area is 211 Å². The largest absolute Gasteiger partial charge is 0.338 e. The van der Waals surface area contributed by atoms with Gasteiger partial charge in [0.2, 0.25) is 0 Å². The van der Waals surface area contributed by atoms with Crippen LogP contribution >= 0.6 is 11.3 Å². The number of carbonyl (C=O) groups is 2. The number of hydrogen-bond donors (Lipinski definition) is 1. The molecule has 2 amide bonds. The summed E-state index contributed by atoms with van der Waals surface area (Å²) in [5.41, 5.74) is 4.70. The molecule has 180 valence electrons. The number of para-hydroxylation sites is 2. The molecule has 1 fully saturated rings. The van der Waals surface area contributed by atoms with E-state index in [1.54, 1.807) is 9.42 Å². The van der Waals surface area contributed by atoms with Crippen LogP contribution in [0.1, 0.15) is 25.7 Å². The predicted octanol–water partition coefficient (Wildman–Crippen LogP) is 3.99. The van der Waals surface area contributed by atoms with Gasteiger partial charge in [0, 0.05) is 37.4 Å². The van der Waals surface area contributed by atoms with E-state index in [1.165, 1.54) is 11.3 Å². The first-order valence-corrected chi connectivity index (χ1v) is 12.6. The summed E-state index contributed by atoms with van der Waals surface area (Å²) in [5, 5.41) is 13.8. The monoisotopic (exact) mass is 497 g/mol. The minimum atomic E-state index is -0.0353. The number of benzene rings is 2. The molecule has 5 aromatic rings. The van der Waals surface area contributed by atoms with Crippen LogP contribution in [0.15, 0.2) is 66.0 Å². The van der Waals surface area contributed by atoms with E-state index in [1.807, 2.05) is 77.9 Å². The van der Waals surface area contributed by atoms with Crippen molar-refractivity contribution in [3.05, 3.63) is 82.2 Å². The van der Waals surface area contributed by atoms with Crippen LogP contribution in [0, 0.1) is 6.92 Å². The first kappa shape index (κ1) is 22.2. The number of nitrogens with one attached hydrogen (secondary N) is 1. The highest BCUT2D eigenvalue weighted by Gasteiger charge is 2.26. The topological polar surface area (TPSA) is 95.7 Å². The quantitative estimate of drug-likeness (QED) is 0.403. The Hall–Kier alpha value is -4.31. The standard InChI is InChI=1S/C26H23N7O2S/c1-17-23-24(28-20-5-2-3-6-21(20)33(23)30-29-17)27-19-10-8-18(9-11-19)25(34)31-12-14-32(15-13-31)26(35)22-7-4-16-36-22/h2-11,16H,12-15H2,1H3,(H,27,28). The van der Waals surface area contributed by atoms with Crippen molar-refractivity contribution < 1.29 is 9.59 Å². The van der Waals surface area contributed by atoms with Gasteiger partial charge in [0.15, 0.2) is 5.82 Å². The van der Waals surface area contributed by atoms with E-state index in [4.69, 9.17) is 4.98 Å². The number of anilines is 2. The molecule has 3 aromatic heterocycles. The minimum Gasteiger partial charge on any atom is -0.338 e. The highest BCUT2D eigenvalue weighted by Crippen LogP contribution is 2.26. The van der Waals surface area contributed by atoms with Gasteiger partial charge in [0.25, 0.3) is 11.8 Å². The zero-order chi connectivity index (χ0) is 24.6. The SMILES string of the molecule is Cc1nnn2c1c(Nc1ccc(C(=O)N3CCN(C(=O)c4cccs4)CC3)cc1)nc1ccccc12. The summed E-state index contributed by atoms with van der Waals surface area (Å²) in [4.78, 5) is 34.8. The summed E-state index contributed by atoms with van der Waals surface area (Å²) < 4.78 is 1.79. The van der Waals surface area contributed by atoms with Crippen LogP contribution in [0.25, 0.3) is 16.6 Å². The molecule has 0 atom stereocenters. The Bertz CT molecular complexity index is 1570. The molecule has 0 saturated carbocycles. The zero-order valence-corrected chi connectivity index (χ0v) is 20.4. The van der Waals surface area contributed by atoms with Crippen LogP contribution < -0.4 is 5.32 Å². The molecule has 4 heterocycles. The fraction of sp³-hybridized carbons (Fsp3) is 0.192. The third kappa shape index (κ3) is 3.95. The van der Waals surface area contributed by atoms with Crippen LogP contribution in [-0.2, 0) is 0 Å². The molecule has 36 heavy (non-hydrogen) atoms. The van der Waals surface area contributed by atoms with Crippen molar-refractivity contribution in [1.82, 2.24) is 29.6 Å². The van der Waals surface area contributed by atoms with Gasteiger partial charge >= 0.3 is 0 Å². The average Bonchev–Trinajstić information content (AvgIpc) is 3.59. The van der Waals surface area contributed by atoms with E-state index >= 15 is 0 Å². The third-order valence-electron chi connectivity index (χ3n) is 6.39. The van der Waals surface area contributed by atoms with Gasteiger partial charge in [-0.2, -0.15) is 0 Å². The van der Waals surface area contributed by atoms with Gasteiger partial charge in [0.1, 0.15) is 5.52 Å². The second kappa shape index (κ2) is 9.04. The van der Waals surface area contributed by atoms with E-state index in [2.05, 4.69) is 15.6 Å². The van der Waals surface area contributed by atoms with Crippen LogP contribution in [0.5, 0.6) is 0 Å². The average molecular weight is 498 g/mol. The molecule has 6 rings (SSSR count). The Morgan fingerprint density at radius 3 is 2.33 bits per heavy atom. The molecule has 10 heteroatoms. The summed E-state index contributed by atoms with van der Waals surface area (Å²) in [7, 11) is 0. The molecule has 0 spiro atoms. The molecular formula is C26H23N7O2S. The lowest BCUT2D eigenvalue weighted by Crippen LogP contribution is -2.50. The molecule has 0 unspecified atom stereocenters. The lowest BCUT2D eigenvalue weighted by molar-refractivity contribution is 0.0538. The highest BCUT2D eigenvalue weighted by atomic mass is 32.1. The Morgan fingerprint density at radius 2 is 1.61 bits per heavy atom. The maximum Gasteiger partial charge on any atom is 0.264 e. The predicted molar refractivity (Wildman–Crippen MR) is 139 cm³/mol. The van der Waals surface area contributed by atoms with Gasteiger partial charge in [-0.05, 0) is 54.8 Å². The van der Waals surface area contributed by atoms with Gasteiger partial charge < -0.3 is 15.1 Å². The smallest absolute Gasteiger partial charge is 0.264 e. The van der Waals surface area contributed by atoms with Crippen LogP contribution in [-0.4, -0.2) is 67.6 Å². The summed E-state index contributed by atoms with van der Waals surface area (Å²) >= 11 is 1.44. The van der Waals surface area contributed by atoms with E-state index in [0.717, 1.165) is 32.8 Å². The molecule has 0 radical (unpaired) electrons. The van der Waals surface area contributed by atoms with E-state index in [0.29, 0.717) is 37.6 Å². The lowest BCUT2D eigenvalue weighted by atomic mass is 10.1. The van der Waals surface area contributed by atoms with Gasteiger partial charge in [-0.3, -0.25) is 9.59 Å². The summed E-state index contributed by atoms with van der Waals surface area (Å²) in [6.07, 6.45) is 0. The number of aryl methyl sites for hydroxylation is 1. The lowest BCUT2D eigenvalue weighted by Gasteiger charge is -2.34. The molecule has 1 aliphatic rings. The van der Waals surface area contributed by atoms with Crippen molar-refractivity contribution in [2.24, 2.45) is 0 Å². The number of thiophene rings is 1. The number of rotatable bonds is 4. The number of aromatic nitrogens is 4. The normalized spacial score (nSPS) is 13.9. The Balaban J connectivity index is 1.16. The number of carbonyl (C=O) groups excluding carboxylic acids is 2. The molecular weight excluding hydrogens is 474 g/mol. The number of hydrogen-bond acceptors (Lipinski definition) is 7. The fourth-order valence-corrected chi connectivity index (χ4v) is 5.17. The first-order chi connectivity index (χ1) is 17.6. The molecule has 0 aliphatic carbocycles. The highest BCUT2D eigenvalue weighted by molar-refractivity contribution is 7.12. The van der Waals surface area contributed by atoms with Crippen molar-refractivity contribution in [2.45, 2.75) is 6.92 Å². The Morgan fingerprint density at radius 1 is 0.889 bits per heavy atom. The van der Waals surface area contributed by atoms with E-state index in [-0.39, 0.29) is 11.8 Å². The molecule has 9 nitrogen and oxygen atoms in total. The Kier molecular flexibility index (Phi) is 5.57. The maximum absolute atomic E-state index is 13.1. The van der Waals surface area contributed by atoms with Crippen molar-refractivity contribution >= 4 is 51.2 Å². The van der Waals surface area contributed by atoms with E-state index in [9.17, 15) is 9.59 Å². The summed E-state index contributed by atoms with van der Waals surface area (Å²) in [6, 6.07) is 18.9. The fourth-order valence-electron chi connectivity index (χ4n) is 4.48. The molecule has 1 aliphatic heterocycles. The molecule has 1 N–H and O–H groups in total. The molecule has 2 aromatic carbocycles. The van der Waals surface area contributed by atoms with Crippen molar-refractivity contribution in [3.8, 4) is 0 Å². The second-order valence-corrected chi connectivity index (χ2v) is 9.60. The van der Waals surface area contributed by atoms with Gasteiger partial charge in [-0.25, -0.2) is 9.50 Å². The van der Waals surface area contributed by atoms with E-state index < -0.39 is 0 Å². The van der Waals surface area contributed by atoms with Gasteiger partial charge in [0.05, 0.1) is 21.6 Å². The summed E-state index contributed by atoms with van der Waals surface area (Å²) in [6.45, 7) is 4.00. The number of fused-ring (bicyclic) bond motifs is 3. The maximum atomic E-state index is 13.1.